The molecule has 1 saturated heterocycles. The molecule has 2 heterocycles. The van der Waals surface area contributed by atoms with Crippen LogP contribution in [0.3, 0.4) is 0 Å². The van der Waals surface area contributed by atoms with Crippen molar-refractivity contribution in [2.75, 3.05) is 16.8 Å². The molecule has 1 aliphatic rings. The quantitative estimate of drug-likeness (QED) is 0.299. The molecular weight excluding hydrogens is 406 g/mol. The van der Waals surface area contributed by atoms with Crippen molar-refractivity contribution in [3.8, 4) is 11.3 Å². The summed E-state index contributed by atoms with van der Waals surface area (Å²) in [4.78, 5) is 25.5. The first-order valence-corrected chi connectivity index (χ1v) is 10.7. The van der Waals surface area contributed by atoms with Gasteiger partial charge in [0, 0.05) is 36.1 Å². The maximum Gasteiger partial charge on any atom is 0.280 e. The Kier molecular flexibility index (Phi) is 6.35. The topological polar surface area (TPSA) is 88.6 Å². The predicted molar refractivity (Wildman–Crippen MR) is 126 cm³/mol. The zero-order valence-electron chi connectivity index (χ0n) is 17.9. The van der Waals surface area contributed by atoms with Gasteiger partial charge in [-0.2, -0.15) is 0 Å². The molecule has 32 heavy (non-hydrogen) atoms. The second kappa shape index (κ2) is 9.51. The summed E-state index contributed by atoms with van der Waals surface area (Å²) in [7, 11) is 0. The molecule has 0 radical (unpaired) electrons. The molecule has 2 aromatic carbocycles. The van der Waals surface area contributed by atoms with E-state index in [1.54, 1.807) is 30.3 Å². The molecule has 1 atom stereocenters. The van der Waals surface area contributed by atoms with E-state index in [1.807, 2.05) is 24.3 Å². The molecule has 1 aliphatic heterocycles. The summed E-state index contributed by atoms with van der Waals surface area (Å²) < 4.78 is 5.68. The fourth-order valence-corrected chi connectivity index (χ4v) is 3.99. The van der Waals surface area contributed by atoms with Crippen molar-refractivity contribution < 1.29 is 14.1 Å². The molecule has 4 rings (SSSR count). The van der Waals surface area contributed by atoms with Crippen LogP contribution in [0, 0.1) is 10.1 Å². The summed E-state index contributed by atoms with van der Waals surface area (Å²) in [5.74, 6) is 0.523. The number of carbonyl (C=O) groups is 1. The van der Waals surface area contributed by atoms with Gasteiger partial charge in [0.05, 0.1) is 10.5 Å². The Morgan fingerprint density at radius 3 is 2.66 bits per heavy atom. The highest BCUT2D eigenvalue weighted by molar-refractivity contribution is 6.01. The van der Waals surface area contributed by atoms with Crippen LogP contribution in [-0.4, -0.2) is 23.4 Å². The number of piperidine rings is 1. The van der Waals surface area contributed by atoms with Crippen LogP contribution in [0.25, 0.3) is 17.4 Å². The average molecular weight is 431 g/mol. The predicted octanol–water partition coefficient (Wildman–Crippen LogP) is 5.89. The van der Waals surface area contributed by atoms with Crippen molar-refractivity contribution in [2.24, 2.45) is 0 Å². The summed E-state index contributed by atoms with van der Waals surface area (Å²) >= 11 is 0. The number of nitrogens with zero attached hydrogens (tertiary/aromatic N) is 2. The van der Waals surface area contributed by atoms with Gasteiger partial charge < -0.3 is 14.6 Å². The van der Waals surface area contributed by atoms with Crippen LogP contribution >= 0.6 is 0 Å². The lowest BCUT2D eigenvalue weighted by atomic mass is 10.0. The van der Waals surface area contributed by atoms with E-state index in [-0.39, 0.29) is 11.6 Å². The molecule has 1 N–H and O–H groups in total. The van der Waals surface area contributed by atoms with E-state index in [2.05, 4.69) is 17.1 Å². The third-order valence-corrected chi connectivity index (χ3v) is 5.66. The molecule has 1 fully saturated rings. The van der Waals surface area contributed by atoms with Gasteiger partial charge in [0.1, 0.15) is 11.5 Å². The Labute approximate surface area is 186 Å². The molecule has 1 amide bonds. The standard InChI is InChI=1S/C25H25N3O4/c1-18-6-4-5-17-27(18)20-11-9-19(10-12-20)26-25(29)16-14-21-13-15-24(32-21)22-7-2-3-8-23(22)28(30)31/h2-3,7-16,18H,4-6,17H2,1H3,(H,26,29)/b16-14+. The maximum atomic E-state index is 12.3. The summed E-state index contributed by atoms with van der Waals surface area (Å²) in [5, 5.41) is 14.1. The number of anilines is 2. The van der Waals surface area contributed by atoms with Gasteiger partial charge in [0.25, 0.3) is 5.69 Å². The van der Waals surface area contributed by atoms with Gasteiger partial charge in [-0.25, -0.2) is 0 Å². The molecule has 164 valence electrons. The third kappa shape index (κ3) is 4.88. The lowest BCUT2D eigenvalue weighted by Crippen LogP contribution is -2.37. The number of nitro groups is 1. The fraction of sp³-hybridized carbons (Fsp3) is 0.240. The van der Waals surface area contributed by atoms with Crippen LogP contribution in [0.5, 0.6) is 0 Å². The van der Waals surface area contributed by atoms with Crippen molar-refractivity contribution in [3.63, 3.8) is 0 Å². The summed E-state index contributed by atoms with van der Waals surface area (Å²) in [6.45, 7) is 3.31. The molecular formula is C25H25N3O4. The number of hydrogen-bond acceptors (Lipinski definition) is 5. The smallest absolute Gasteiger partial charge is 0.280 e. The summed E-state index contributed by atoms with van der Waals surface area (Å²) in [6, 6.07) is 18.1. The first kappa shape index (κ1) is 21.4. The number of hydrogen-bond donors (Lipinski definition) is 1. The van der Waals surface area contributed by atoms with Crippen LogP contribution in [-0.2, 0) is 4.79 Å². The maximum absolute atomic E-state index is 12.3. The molecule has 1 aromatic heterocycles. The second-order valence-electron chi connectivity index (χ2n) is 7.88. The van der Waals surface area contributed by atoms with E-state index in [0.717, 1.165) is 6.54 Å². The fourth-order valence-electron chi connectivity index (χ4n) is 3.99. The minimum absolute atomic E-state index is 0.0301. The van der Waals surface area contributed by atoms with E-state index in [4.69, 9.17) is 4.42 Å². The zero-order chi connectivity index (χ0) is 22.5. The van der Waals surface area contributed by atoms with Crippen LogP contribution in [0.2, 0.25) is 0 Å². The van der Waals surface area contributed by atoms with Gasteiger partial charge in [-0.05, 0) is 74.7 Å². The normalized spacial score (nSPS) is 16.3. The molecule has 7 nitrogen and oxygen atoms in total. The number of benzene rings is 2. The highest BCUT2D eigenvalue weighted by Crippen LogP contribution is 2.31. The molecule has 1 unspecified atom stereocenters. The lowest BCUT2D eigenvalue weighted by Gasteiger charge is -2.35. The van der Waals surface area contributed by atoms with E-state index >= 15 is 0 Å². The Hall–Kier alpha value is -3.87. The van der Waals surface area contributed by atoms with Crippen LogP contribution in [0.15, 0.2) is 71.2 Å². The Balaban J connectivity index is 1.39. The van der Waals surface area contributed by atoms with E-state index in [0.29, 0.717) is 28.8 Å². The van der Waals surface area contributed by atoms with Gasteiger partial charge in [-0.3, -0.25) is 14.9 Å². The van der Waals surface area contributed by atoms with Crippen molar-refractivity contribution in [1.82, 2.24) is 0 Å². The summed E-state index contributed by atoms with van der Waals surface area (Å²) in [6.07, 6.45) is 6.60. The van der Waals surface area contributed by atoms with Gasteiger partial charge in [0.2, 0.25) is 5.91 Å². The first-order valence-electron chi connectivity index (χ1n) is 10.7. The van der Waals surface area contributed by atoms with E-state index < -0.39 is 4.92 Å². The number of nitrogens with one attached hydrogen (secondary N) is 1. The van der Waals surface area contributed by atoms with Crippen molar-refractivity contribution in [3.05, 3.63) is 82.6 Å². The first-order chi connectivity index (χ1) is 15.5. The van der Waals surface area contributed by atoms with Gasteiger partial charge >= 0.3 is 0 Å². The second-order valence-corrected chi connectivity index (χ2v) is 7.88. The van der Waals surface area contributed by atoms with Crippen LogP contribution in [0.1, 0.15) is 31.9 Å². The molecule has 3 aromatic rings. The number of para-hydroxylation sites is 1. The highest BCUT2D eigenvalue weighted by Gasteiger charge is 2.18. The largest absolute Gasteiger partial charge is 0.456 e. The van der Waals surface area contributed by atoms with Crippen molar-refractivity contribution in [1.29, 1.82) is 0 Å². The number of furan rings is 1. The van der Waals surface area contributed by atoms with Crippen molar-refractivity contribution in [2.45, 2.75) is 32.2 Å². The Bertz CT molecular complexity index is 1130. The number of nitro benzene ring substituents is 1. The minimum Gasteiger partial charge on any atom is -0.456 e. The lowest BCUT2D eigenvalue weighted by molar-refractivity contribution is -0.384. The minimum atomic E-state index is -0.446. The van der Waals surface area contributed by atoms with E-state index in [9.17, 15) is 14.9 Å². The Morgan fingerprint density at radius 2 is 1.91 bits per heavy atom. The van der Waals surface area contributed by atoms with Gasteiger partial charge in [-0.1, -0.05) is 12.1 Å². The summed E-state index contributed by atoms with van der Waals surface area (Å²) in [5.41, 5.74) is 2.25. The Morgan fingerprint density at radius 1 is 1.12 bits per heavy atom. The number of carbonyl (C=O) groups excluding carboxylic acids is 1. The molecule has 0 aliphatic carbocycles. The van der Waals surface area contributed by atoms with Crippen molar-refractivity contribution >= 4 is 29.0 Å². The number of rotatable bonds is 6. The molecule has 0 bridgehead atoms. The van der Waals surface area contributed by atoms with Gasteiger partial charge in [0.15, 0.2) is 0 Å². The monoisotopic (exact) mass is 431 g/mol. The average Bonchev–Trinajstić information content (AvgIpc) is 3.28. The van der Waals surface area contributed by atoms with Gasteiger partial charge in [-0.15, -0.1) is 0 Å². The molecule has 0 saturated carbocycles. The SMILES string of the molecule is CC1CCCCN1c1ccc(NC(=O)/C=C/c2ccc(-c3ccccc3[N+](=O)[O-])o2)cc1. The molecule has 0 spiro atoms. The third-order valence-electron chi connectivity index (χ3n) is 5.66. The van der Waals surface area contributed by atoms with Crippen LogP contribution < -0.4 is 10.2 Å². The highest BCUT2D eigenvalue weighted by atomic mass is 16.6. The van der Waals surface area contributed by atoms with Crippen LogP contribution in [0.4, 0.5) is 17.1 Å². The molecule has 7 heteroatoms. The number of amides is 1. The van der Waals surface area contributed by atoms with E-state index in [1.165, 1.54) is 43.2 Å². The zero-order valence-corrected chi connectivity index (χ0v) is 17.9.